The van der Waals surface area contributed by atoms with Crippen LogP contribution in [0.4, 0.5) is 0 Å². The minimum Gasteiger partial charge on any atom is -0.493 e. The molecule has 0 aromatic carbocycles. The second-order valence-corrected chi connectivity index (χ2v) is 8.17. The van der Waals surface area contributed by atoms with Crippen molar-refractivity contribution in [3.8, 4) is 0 Å². The van der Waals surface area contributed by atoms with Gasteiger partial charge in [0.15, 0.2) is 5.12 Å². The van der Waals surface area contributed by atoms with Crippen molar-refractivity contribution in [1.29, 1.82) is 0 Å². The molecular formula is C18H24O3S2. The molecule has 0 aromatic rings. The van der Waals surface area contributed by atoms with Crippen molar-refractivity contribution in [2.24, 2.45) is 11.8 Å². The molecule has 0 aromatic heterocycles. The summed E-state index contributed by atoms with van der Waals surface area (Å²) in [6, 6.07) is 0. The molecule has 3 atom stereocenters. The van der Waals surface area contributed by atoms with E-state index in [0.717, 1.165) is 31.0 Å². The van der Waals surface area contributed by atoms with E-state index < -0.39 is 0 Å². The lowest BCUT2D eigenvalue weighted by molar-refractivity contribution is -0.118. The van der Waals surface area contributed by atoms with Gasteiger partial charge in [0.05, 0.1) is 11.9 Å². The molecule has 0 amide bonds. The lowest BCUT2D eigenvalue weighted by Gasteiger charge is -2.21. The highest BCUT2D eigenvalue weighted by molar-refractivity contribution is 8.14. The van der Waals surface area contributed by atoms with E-state index in [-0.39, 0.29) is 16.1 Å². The lowest BCUT2D eigenvalue weighted by Crippen LogP contribution is -2.21. The fraction of sp³-hybridized carbons (Fsp3) is 0.556. The average molecular weight is 353 g/mol. The molecule has 0 spiro atoms. The zero-order valence-electron chi connectivity index (χ0n) is 13.7. The first kappa shape index (κ1) is 18.4. The summed E-state index contributed by atoms with van der Waals surface area (Å²) >= 11 is 3.00. The Morgan fingerprint density at radius 3 is 2.78 bits per heavy atom. The highest BCUT2D eigenvalue weighted by Gasteiger charge is 2.23. The summed E-state index contributed by atoms with van der Waals surface area (Å²) in [6.07, 6.45) is 10.5. The fourth-order valence-electron chi connectivity index (χ4n) is 2.58. The van der Waals surface area contributed by atoms with E-state index in [0.29, 0.717) is 18.3 Å². The molecule has 2 rings (SSSR count). The van der Waals surface area contributed by atoms with Gasteiger partial charge in [0.25, 0.3) is 0 Å². The Hall–Kier alpha value is -0.940. The van der Waals surface area contributed by atoms with Gasteiger partial charge in [-0.15, -0.1) is 11.8 Å². The fourth-order valence-corrected chi connectivity index (χ4v) is 4.52. The number of hydrogen-bond donors (Lipinski definition) is 0. The van der Waals surface area contributed by atoms with Gasteiger partial charge < -0.3 is 4.74 Å². The minimum absolute atomic E-state index is 0.0126. The zero-order valence-corrected chi connectivity index (χ0v) is 15.3. The second kappa shape index (κ2) is 9.38. The van der Waals surface area contributed by atoms with Crippen molar-refractivity contribution in [2.75, 3.05) is 12.4 Å². The molecule has 2 aliphatic rings. The van der Waals surface area contributed by atoms with Crippen LogP contribution in [0, 0.1) is 11.8 Å². The van der Waals surface area contributed by atoms with Gasteiger partial charge in [0.2, 0.25) is 0 Å². The van der Waals surface area contributed by atoms with Crippen LogP contribution in [0.15, 0.2) is 35.5 Å². The normalized spacial score (nSPS) is 24.3. The number of allylic oxidation sites excluding steroid dienone is 3. The van der Waals surface area contributed by atoms with E-state index in [9.17, 15) is 9.59 Å². The van der Waals surface area contributed by atoms with Crippen LogP contribution in [0.1, 0.15) is 33.1 Å². The molecule has 0 saturated carbocycles. The van der Waals surface area contributed by atoms with Crippen molar-refractivity contribution in [3.63, 3.8) is 0 Å². The van der Waals surface area contributed by atoms with Gasteiger partial charge in [-0.1, -0.05) is 30.8 Å². The molecular weight excluding hydrogens is 328 g/mol. The van der Waals surface area contributed by atoms with Gasteiger partial charge in [-0.3, -0.25) is 9.59 Å². The third kappa shape index (κ3) is 6.22. The molecule has 0 bridgehead atoms. The molecule has 3 nitrogen and oxygen atoms in total. The Morgan fingerprint density at radius 2 is 2.22 bits per heavy atom. The molecule has 3 unspecified atom stereocenters. The van der Waals surface area contributed by atoms with Gasteiger partial charge in [0.1, 0.15) is 11.5 Å². The van der Waals surface area contributed by atoms with Crippen LogP contribution in [0.3, 0.4) is 0 Å². The smallest absolute Gasteiger partial charge is 0.186 e. The average Bonchev–Trinajstić information content (AvgIpc) is 3.06. The molecule has 0 radical (unpaired) electrons. The van der Waals surface area contributed by atoms with Gasteiger partial charge in [-0.2, -0.15) is 0 Å². The summed E-state index contributed by atoms with van der Waals surface area (Å²) in [5.74, 6) is 2.99. The third-order valence-electron chi connectivity index (χ3n) is 3.91. The Morgan fingerprint density at radius 1 is 1.39 bits per heavy atom. The van der Waals surface area contributed by atoms with Crippen molar-refractivity contribution in [1.82, 2.24) is 0 Å². The van der Waals surface area contributed by atoms with Crippen LogP contribution >= 0.6 is 23.5 Å². The first-order valence-corrected chi connectivity index (χ1v) is 10.0. The summed E-state index contributed by atoms with van der Waals surface area (Å²) in [7, 11) is 0. The maximum absolute atomic E-state index is 12.0. The van der Waals surface area contributed by atoms with Crippen molar-refractivity contribution >= 4 is 34.4 Å². The number of carbonyl (C=O) groups excluding carboxylic acids is 2. The molecule has 0 saturated heterocycles. The number of ether oxygens (including phenoxy) is 1. The highest BCUT2D eigenvalue weighted by Crippen LogP contribution is 2.28. The van der Waals surface area contributed by atoms with Gasteiger partial charge in [-0.05, 0) is 36.3 Å². The van der Waals surface area contributed by atoms with Crippen LogP contribution in [-0.2, 0) is 14.3 Å². The minimum atomic E-state index is -0.219. The summed E-state index contributed by atoms with van der Waals surface area (Å²) in [4.78, 5) is 23.3. The standard InChI is InChI=1S/C18H24O3S2/c1-3-17(20)18(23-13(2)19)10-14-4-6-16(7-5-14)21-11-15-8-9-22-12-15/h4,6-9,14-15,18H,3,5,10-12H2,1-2H3. The summed E-state index contributed by atoms with van der Waals surface area (Å²) in [5.41, 5.74) is 0. The van der Waals surface area contributed by atoms with Gasteiger partial charge in [0, 0.05) is 25.0 Å². The monoisotopic (exact) mass is 352 g/mol. The van der Waals surface area contributed by atoms with Crippen molar-refractivity contribution < 1.29 is 14.3 Å². The van der Waals surface area contributed by atoms with Crippen LogP contribution in [0.25, 0.3) is 0 Å². The van der Waals surface area contributed by atoms with Crippen molar-refractivity contribution in [3.05, 3.63) is 35.5 Å². The number of thioether (sulfide) groups is 2. The molecule has 1 heterocycles. The van der Waals surface area contributed by atoms with Crippen LogP contribution in [0.5, 0.6) is 0 Å². The van der Waals surface area contributed by atoms with E-state index in [2.05, 4.69) is 23.6 Å². The Bertz CT molecular complexity index is 522. The summed E-state index contributed by atoms with van der Waals surface area (Å²) < 4.78 is 5.84. The van der Waals surface area contributed by atoms with Crippen LogP contribution < -0.4 is 0 Å². The second-order valence-electron chi connectivity index (χ2n) is 5.85. The van der Waals surface area contributed by atoms with Crippen molar-refractivity contribution in [2.45, 2.75) is 38.4 Å². The first-order chi connectivity index (χ1) is 11.1. The maximum atomic E-state index is 12.0. The molecule has 0 N–H and O–H groups in total. The molecule has 5 heteroatoms. The molecule has 1 aliphatic carbocycles. The predicted octanol–water partition coefficient (Wildman–Crippen LogP) is 4.36. The van der Waals surface area contributed by atoms with Crippen LogP contribution in [-0.4, -0.2) is 28.5 Å². The Kier molecular flexibility index (Phi) is 7.50. The quantitative estimate of drug-likeness (QED) is 0.649. The largest absolute Gasteiger partial charge is 0.493 e. The summed E-state index contributed by atoms with van der Waals surface area (Å²) in [5, 5.41) is 1.93. The SMILES string of the molecule is CCC(=O)C(CC1C=CC(OCC2C=CSC2)=CC1)SC(C)=O. The lowest BCUT2D eigenvalue weighted by atomic mass is 9.93. The molecule has 0 fully saturated rings. The number of Topliss-reactive ketones (excluding diaryl/α,β-unsaturated/α-hetero) is 1. The first-order valence-electron chi connectivity index (χ1n) is 8.07. The third-order valence-corrected chi connectivity index (χ3v) is 5.95. The number of carbonyl (C=O) groups is 2. The maximum Gasteiger partial charge on any atom is 0.186 e. The Balaban J connectivity index is 1.79. The van der Waals surface area contributed by atoms with E-state index >= 15 is 0 Å². The Labute approximate surface area is 147 Å². The van der Waals surface area contributed by atoms with Gasteiger partial charge in [-0.25, -0.2) is 0 Å². The predicted molar refractivity (Wildman–Crippen MR) is 98.3 cm³/mol. The van der Waals surface area contributed by atoms with Gasteiger partial charge >= 0.3 is 0 Å². The van der Waals surface area contributed by atoms with Crippen LogP contribution in [0.2, 0.25) is 0 Å². The molecule has 1 aliphatic heterocycles. The van der Waals surface area contributed by atoms with E-state index in [1.165, 1.54) is 18.7 Å². The number of hydrogen-bond acceptors (Lipinski definition) is 5. The van der Waals surface area contributed by atoms with E-state index in [4.69, 9.17) is 4.74 Å². The molecule has 23 heavy (non-hydrogen) atoms. The number of rotatable bonds is 8. The highest BCUT2D eigenvalue weighted by atomic mass is 32.2. The van der Waals surface area contributed by atoms with E-state index in [1.807, 2.05) is 24.8 Å². The van der Waals surface area contributed by atoms with E-state index in [1.54, 1.807) is 0 Å². The molecule has 126 valence electrons. The number of ketones is 1. The topological polar surface area (TPSA) is 43.4 Å². The zero-order chi connectivity index (χ0) is 16.7. The summed E-state index contributed by atoms with van der Waals surface area (Å²) in [6.45, 7) is 4.11.